The molecular formula is C10H19N3O3S. The van der Waals surface area contributed by atoms with Crippen molar-refractivity contribution < 1.29 is 14.7 Å². The Hall–Kier alpha value is -0.790. The molecule has 7 heteroatoms. The third kappa shape index (κ3) is 5.90. The van der Waals surface area contributed by atoms with Crippen molar-refractivity contribution in [1.29, 1.82) is 0 Å². The lowest BCUT2D eigenvalue weighted by Gasteiger charge is -2.21. The van der Waals surface area contributed by atoms with Gasteiger partial charge in [0.15, 0.2) is 0 Å². The molecule has 5 N–H and O–H groups in total. The highest BCUT2D eigenvalue weighted by Crippen LogP contribution is 2.19. The molecule has 0 aromatic rings. The summed E-state index contributed by atoms with van der Waals surface area (Å²) in [4.78, 5) is 21.9. The van der Waals surface area contributed by atoms with Crippen LogP contribution in [0.3, 0.4) is 0 Å². The predicted octanol–water partition coefficient (Wildman–Crippen LogP) is -1.57. The number of rotatable bonds is 6. The van der Waals surface area contributed by atoms with Crippen LogP contribution in [0.1, 0.15) is 12.8 Å². The van der Waals surface area contributed by atoms with Gasteiger partial charge in [-0.1, -0.05) is 0 Å². The van der Waals surface area contributed by atoms with Gasteiger partial charge in [0.25, 0.3) is 0 Å². The molecule has 98 valence electrons. The van der Waals surface area contributed by atoms with Gasteiger partial charge in [0.2, 0.25) is 11.8 Å². The molecule has 1 unspecified atom stereocenters. The number of hydrogen-bond acceptors (Lipinski definition) is 5. The lowest BCUT2D eigenvalue weighted by atomic mass is 10.2. The number of nitrogens with one attached hydrogen (secondary N) is 2. The number of piperidine rings is 1. The van der Waals surface area contributed by atoms with Crippen LogP contribution in [0.25, 0.3) is 0 Å². The Labute approximate surface area is 105 Å². The zero-order chi connectivity index (χ0) is 12.7. The smallest absolute Gasteiger partial charge is 0.248 e. The lowest BCUT2D eigenvalue weighted by Crippen LogP contribution is -2.40. The van der Waals surface area contributed by atoms with Gasteiger partial charge in [-0.05, 0) is 25.9 Å². The van der Waals surface area contributed by atoms with Crippen molar-refractivity contribution in [3.05, 3.63) is 0 Å². The summed E-state index contributed by atoms with van der Waals surface area (Å²) in [6.07, 6.45) is 0.840. The molecule has 2 amide bonds. The SMILES string of the molecule is NC(=O)C(O)CNC(=O)CSC1CCNCC1. The molecule has 1 aliphatic heterocycles. The summed E-state index contributed by atoms with van der Waals surface area (Å²) >= 11 is 1.62. The first-order valence-electron chi connectivity index (χ1n) is 5.66. The van der Waals surface area contributed by atoms with E-state index in [0.29, 0.717) is 11.0 Å². The normalized spacial score (nSPS) is 18.6. The van der Waals surface area contributed by atoms with Crippen molar-refractivity contribution in [2.24, 2.45) is 5.73 Å². The topological polar surface area (TPSA) is 104 Å². The molecule has 1 aliphatic rings. The molecule has 6 nitrogen and oxygen atoms in total. The number of amides is 2. The van der Waals surface area contributed by atoms with Crippen LogP contribution in [-0.4, -0.2) is 53.7 Å². The maximum Gasteiger partial charge on any atom is 0.248 e. The summed E-state index contributed by atoms with van der Waals surface area (Å²) in [5.41, 5.74) is 4.86. The van der Waals surface area contributed by atoms with Gasteiger partial charge in [0.1, 0.15) is 6.10 Å². The summed E-state index contributed by atoms with van der Waals surface area (Å²) in [5, 5.41) is 15.3. The zero-order valence-corrected chi connectivity index (χ0v) is 10.5. The van der Waals surface area contributed by atoms with E-state index >= 15 is 0 Å². The van der Waals surface area contributed by atoms with Gasteiger partial charge in [0.05, 0.1) is 12.3 Å². The van der Waals surface area contributed by atoms with Gasteiger partial charge in [-0.25, -0.2) is 0 Å². The second kappa shape index (κ2) is 7.52. The first-order chi connectivity index (χ1) is 8.09. The minimum Gasteiger partial charge on any atom is -0.381 e. The minimum atomic E-state index is -1.30. The van der Waals surface area contributed by atoms with Crippen molar-refractivity contribution in [3.8, 4) is 0 Å². The highest BCUT2D eigenvalue weighted by Gasteiger charge is 2.16. The minimum absolute atomic E-state index is 0.110. The van der Waals surface area contributed by atoms with Crippen molar-refractivity contribution in [2.75, 3.05) is 25.4 Å². The summed E-state index contributed by atoms with van der Waals surface area (Å²) in [6, 6.07) is 0. The highest BCUT2D eigenvalue weighted by molar-refractivity contribution is 8.00. The molecule has 1 fully saturated rings. The maximum atomic E-state index is 11.4. The number of thioether (sulfide) groups is 1. The monoisotopic (exact) mass is 261 g/mol. The summed E-state index contributed by atoms with van der Waals surface area (Å²) < 4.78 is 0. The van der Waals surface area contributed by atoms with Gasteiger partial charge in [-0.2, -0.15) is 0 Å². The fourth-order valence-electron chi connectivity index (χ4n) is 1.52. The second-order valence-electron chi connectivity index (χ2n) is 3.98. The number of aliphatic hydroxyl groups is 1. The van der Waals surface area contributed by atoms with E-state index in [0.717, 1.165) is 25.9 Å². The van der Waals surface area contributed by atoms with Crippen LogP contribution in [0.2, 0.25) is 0 Å². The molecule has 0 spiro atoms. The lowest BCUT2D eigenvalue weighted by molar-refractivity contribution is -0.126. The van der Waals surface area contributed by atoms with Gasteiger partial charge >= 0.3 is 0 Å². The van der Waals surface area contributed by atoms with E-state index in [2.05, 4.69) is 10.6 Å². The third-order valence-corrected chi connectivity index (χ3v) is 3.93. The van der Waals surface area contributed by atoms with E-state index < -0.39 is 12.0 Å². The Kier molecular flexibility index (Phi) is 6.31. The van der Waals surface area contributed by atoms with E-state index in [-0.39, 0.29) is 12.5 Å². The molecule has 0 aliphatic carbocycles. The van der Waals surface area contributed by atoms with Crippen LogP contribution in [0.5, 0.6) is 0 Å². The standard InChI is InChI=1S/C10H19N3O3S/c11-10(16)8(14)5-13-9(15)6-17-7-1-3-12-4-2-7/h7-8,12,14H,1-6H2,(H2,11,16)(H,13,15). The maximum absolute atomic E-state index is 11.4. The van der Waals surface area contributed by atoms with E-state index in [4.69, 9.17) is 10.8 Å². The third-order valence-electron chi connectivity index (χ3n) is 2.56. The summed E-state index contributed by atoms with van der Waals surface area (Å²) in [7, 11) is 0. The number of carbonyl (C=O) groups is 2. The molecular weight excluding hydrogens is 242 g/mol. The van der Waals surface area contributed by atoms with E-state index in [9.17, 15) is 9.59 Å². The molecule has 1 rings (SSSR count). The van der Waals surface area contributed by atoms with Crippen LogP contribution >= 0.6 is 11.8 Å². The summed E-state index contributed by atoms with van der Waals surface area (Å²) in [6.45, 7) is 1.89. The zero-order valence-electron chi connectivity index (χ0n) is 9.65. The number of aliphatic hydroxyl groups excluding tert-OH is 1. The molecule has 0 bridgehead atoms. The van der Waals surface area contributed by atoms with E-state index in [1.54, 1.807) is 11.8 Å². The second-order valence-corrected chi connectivity index (χ2v) is 5.27. The van der Waals surface area contributed by atoms with Crippen molar-refractivity contribution in [2.45, 2.75) is 24.2 Å². The highest BCUT2D eigenvalue weighted by atomic mass is 32.2. The molecule has 17 heavy (non-hydrogen) atoms. The fraction of sp³-hybridized carbons (Fsp3) is 0.800. The fourth-order valence-corrected chi connectivity index (χ4v) is 2.58. The average Bonchev–Trinajstić information content (AvgIpc) is 2.34. The number of carbonyl (C=O) groups excluding carboxylic acids is 2. The van der Waals surface area contributed by atoms with Crippen molar-refractivity contribution >= 4 is 23.6 Å². The first-order valence-corrected chi connectivity index (χ1v) is 6.71. The van der Waals surface area contributed by atoms with Gasteiger partial charge < -0.3 is 21.5 Å². The van der Waals surface area contributed by atoms with Gasteiger partial charge in [0, 0.05) is 5.25 Å². The average molecular weight is 261 g/mol. The number of nitrogens with two attached hydrogens (primary N) is 1. The molecule has 1 heterocycles. The Morgan fingerprint density at radius 1 is 1.47 bits per heavy atom. The molecule has 1 atom stereocenters. The quantitative estimate of drug-likeness (QED) is 0.462. The van der Waals surface area contributed by atoms with Crippen LogP contribution in [0.15, 0.2) is 0 Å². The first kappa shape index (κ1) is 14.3. The predicted molar refractivity (Wildman–Crippen MR) is 66.6 cm³/mol. The molecule has 0 aromatic carbocycles. The van der Waals surface area contributed by atoms with Crippen LogP contribution < -0.4 is 16.4 Å². The largest absolute Gasteiger partial charge is 0.381 e. The Morgan fingerprint density at radius 2 is 2.12 bits per heavy atom. The van der Waals surface area contributed by atoms with E-state index in [1.807, 2.05) is 0 Å². The summed E-state index contributed by atoms with van der Waals surface area (Å²) in [5.74, 6) is -0.638. The van der Waals surface area contributed by atoms with E-state index in [1.165, 1.54) is 0 Å². The molecule has 0 aromatic heterocycles. The number of primary amides is 1. The molecule has 0 saturated carbocycles. The molecule has 0 radical (unpaired) electrons. The van der Waals surface area contributed by atoms with Crippen molar-refractivity contribution in [3.63, 3.8) is 0 Å². The molecule has 1 saturated heterocycles. The Bertz CT molecular complexity index is 270. The van der Waals surface area contributed by atoms with Gasteiger partial charge in [-0.3, -0.25) is 9.59 Å². The van der Waals surface area contributed by atoms with Crippen LogP contribution in [0, 0.1) is 0 Å². The Balaban J connectivity index is 2.10. The van der Waals surface area contributed by atoms with Crippen molar-refractivity contribution in [1.82, 2.24) is 10.6 Å². The van der Waals surface area contributed by atoms with Crippen LogP contribution in [-0.2, 0) is 9.59 Å². The van der Waals surface area contributed by atoms with Crippen LogP contribution in [0.4, 0.5) is 0 Å². The van der Waals surface area contributed by atoms with Gasteiger partial charge in [-0.15, -0.1) is 11.8 Å². The number of hydrogen-bond donors (Lipinski definition) is 4. The Morgan fingerprint density at radius 3 is 2.71 bits per heavy atom.